The summed E-state index contributed by atoms with van der Waals surface area (Å²) in [4.78, 5) is 16.4. The van der Waals surface area contributed by atoms with Crippen molar-refractivity contribution < 1.29 is 17.6 Å². The molecule has 0 atom stereocenters. The summed E-state index contributed by atoms with van der Waals surface area (Å²) in [5, 5.41) is 0. The average Bonchev–Trinajstić information content (AvgIpc) is 3.18. The molecule has 1 fully saturated rings. The molecule has 1 aromatic carbocycles. The van der Waals surface area contributed by atoms with Crippen LogP contribution in [0.2, 0.25) is 0 Å². The van der Waals surface area contributed by atoms with Gasteiger partial charge in [-0.3, -0.25) is 9.69 Å². The number of carbonyl (C=O) groups excluding carboxylic acids is 1. The Bertz CT molecular complexity index is 886. The monoisotopic (exact) mass is 391 g/mol. The predicted octanol–water partition coefficient (Wildman–Crippen LogP) is 1.63. The van der Waals surface area contributed by atoms with Crippen LogP contribution in [0.5, 0.6) is 0 Å². The first-order valence-corrected chi connectivity index (χ1v) is 10.5. The Morgan fingerprint density at radius 2 is 1.85 bits per heavy atom. The molecular weight excluding hydrogens is 366 g/mol. The van der Waals surface area contributed by atoms with E-state index in [-0.39, 0.29) is 5.91 Å². The fourth-order valence-electron chi connectivity index (χ4n) is 3.03. The fraction of sp³-hybridized carbons (Fsp3) is 0.421. The number of aryl methyl sites for hydroxylation is 2. The van der Waals surface area contributed by atoms with Crippen molar-refractivity contribution in [1.82, 2.24) is 14.5 Å². The number of nitrogens with zero attached hydrogens (tertiary/aromatic N) is 2. The molecule has 27 heavy (non-hydrogen) atoms. The van der Waals surface area contributed by atoms with Crippen LogP contribution in [0, 0.1) is 13.8 Å². The summed E-state index contributed by atoms with van der Waals surface area (Å²) in [7, 11) is -3.51. The third kappa shape index (κ3) is 4.77. The molecule has 7 nitrogen and oxygen atoms in total. The van der Waals surface area contributed by atoms with E-state index < -0.39 is 10.0 Å². The highest BCUT2D eigenvalue weighted by molar-refractivity contribution is 7.89. The number of sulfonamides is 1. The molecule has 1 N–H and O–H groups in total. The number of piperazine rings is 1. The van der Waals surface area contributed by atoms with Crippen LogP contribution in [-0.2, 0) is 10.0 Å². The second kappa shape index (κ2) is 8.24. The van der Waals surface area contributed by atoms with Gasteiger partial charge in [0.25, 0.3) is 5.91 Å². The molecule has 1 aromatic heterocycles. The van der Waals surface area contributed by atoms with E-state index in [4.69, 9.17) is 4.42 Å². The van der Waals surface area contributed by atoms with Crippen molar-refractivity contribution in [3.63, 3.8) is 0 Å². The van der Waals surface area contributed by atoms with Gasteiger partial charge in [0.1, 0.15) is 0 Å². The van der Waals surface area contributed by atoms with Gasteiger partial charge >= 0.3 is 0 Å². The van der Waals surface area contributed by atoms with Crippen LogP contribution >= 0.6 is 0 Å². The zero-order valence-electron chi connectivity index (χ0n) is 15.6. The highest BCUT2D eigenvalue weighted by Gasteiger charge is 2.23. The summed E-state index contributed by atoms with van der Waals surface area (Å²) in [6.07, 6.45) is 1.49. The van der Waals surface area contributed by atoms with Gasteiger partial charge in [-0.2, -0.15) is 0 Å². The van der Waals surface area contributed by atoms with E-state index in [1.165, 1.54) is 6.26 Å². The molecule has 0 spiro atoms. The summed E-state index contributed by atoms with van der Waals surface area (Å²) >= 11 is 0. The highest BCUT2D eigenvalue weighted by Crippen LogP contribution is 2.14. The van der Waals surface area contributed by atoms with Gasteiger partial charge in [-0.25, -0.2) is 13.1 Å². The molecule has 1 amide bonds. The number of benzene rings is 1. The Morgan fingerprint density at radius 1 is 1.11 bits per heavy atom. The molecule has 1 aliphatic heterocycles. The van der Waals surface area contributed by atoms with Crippen molar-refractivity contribution in [2.24, 2.45) is 0 Å². The van der Waals surface area contributed by atoms with Crippen molar-refractivity contribution in [3.05, 3.63) is 53.5 Å². The Labute approximate surface area is 160 Å². The van der Waals surface area contributed by atoms with Gasteiger partial charge in [-0.05, 0) is 49.2 Å². The van der Waals surface area contributed by atoms with Gasteiger partial charge in [0.2, 0.25) is 10.0 Å². The first kappa shape index (κ1) is 19.6. The van der Waals surface area contributed by atoms with Crippen molar-refractivity contribution in [2.45, 2.75) is 18.7 Å². The van der Waals surface area contributed by atoms with Gasteiger partial charge in [0.05, 0.1) is 11.2 Å². The minimum absolute atomic E-state index is 0.102. The second-order valence-corrected chi connectivity index (χ2v) is 8.52. The molecule has 2 heterocycles. The zero-order chi connectivity index (χ0) is 19.4. The summed E-state index contributed by atoms with van der Waals surface area (Å²) in [5.74, 6) is 0.250. The van der Waals surface area contributed by atoms with Crippen LogP contribution in [-0.4, -0.2) is 63.4 Å². The Balaban J connectivity index is 1.46. The number of nitrogens with one attached hydrogen (secondary N) is 1. The Hall–Kier alpha value is -2.16. The average molecular weight is 391 g/mol. The van der Waals surface area contributed by atoms with E-state index in [0.717, 1.165) is 11.1 Å². The number of amides is 1. The van der Waals surface area contributed by atoms with Crippen LogP contribution in [0.1, 0.15) is 21.7 Å². The molecule has 0 unspecified atom stereocenters. The molecule has 1 saturated heterocycles. The van der Waals surface area contributed by atoms with Crippen molar-refractivity contribution in [2.75, 3.05) is 39.3 Å². The Morgan fingerprint density at radius 3 is 2.48 bits per heavy atom. The van der Waals surface area contributed by atoms with Gasteiger partial charge in [-0.15, -0.1) is 0 Å². The van der Waals surface area contributed by atoms with E-state index >= 15 is 0 Å². The smallest absolute Gasteiger partial charge is 0.289 e. The van der Waals surface area contributed by atoms with Crippen LogP contribution in [0.3, 0.4) is 0 Å². The van der Waals surface area contributed by atoms with Crippen LogP contribution in [0.25, 0.3) is 0 Å². The maximum absolute atomic E-state index is 12.4. The third-order valence-corrected chi connectivity index (χ3v) is 6.36. The molecule has 0 aliphatic carbocycles. The first-order valence-electron chi connectivity index (χ1n) is 8.99. The molecular formula is C19H25N3O4S. The van der Waals surface area contributed by atoms with Gasteiger partial charge in [0.15, 0.2) is 5.76 Å². The molecule has 0 radical (unpaired) electrons. The summed E-state index contributed by atoms with van der Waals surface area (Å²) in [6, 6.07) is 8.50. The predicted molar refractivity (Wildman–Crippen MR) is 102 cm³/mol. The Kier molecular flexibility index (Phi) is 5.98. The van der Waals surface area contributed by atoms with E-state index in [0.29, 0.717) is 49.9 Å². The molecule has 1 aliphatic rings. The zero-order valence-corrected chi connectivity index (χ0v) is 16.5. The lowest BCUT2D eigenvalue weighted by Crippen LogP contribution is -2.50. The van der Waals surface area contributed by atoms with Gasteiger partial charge < -0.3 is 9.32 Å². The molecule has 146 valence electrons. The lowest BCUT2D eigenvalue weighted by Gasteiger charge is -2.34. The van der Waals surface area contributed by atoms with E-state index in [2.05, 4.69) is 9.62 Å². The summed E-state index contributed by atoms with van der Waals surface area (Å²) in [5.41, 5.74) is 2.02. The number of furan rings is 1. The van der Waals surface area contributed by atoms with Crippen LogP contribution < -0.4 is 4.72 Å². The van der Waals surface area contributed by atoms with E-state index in [1.807, 2.05) is 19.9 Å². The van der Waals surface area contributed by atoms with Crippen LogP contribution in [0.15, 0.2) is 45.9 Å². The van der Waals surface area contributed by atoms with Gasteiger partial charge in [0, 0.05) is 39.3 Å². The maximum Gasteiger partial charge on any atom is 0.289 e. The highest BCUT2D eigenvalue weighted by atomic mass is 32.2. The molecule has 0 saturated carbocycles. The summed E-state index contributed by atoms with van der Waals surface area (Å²) in [6.45, 7) is 7.41. The maximum atomic E-state index is 12.4. The minimum Gasteiger partial charge on any atom is -0.459 e. The quantitative estimate of drug-likeness (QED) is 0.809. The summed E-state index contributed by atoms with van der Waals surface area (Å²) < 4.78 is 32.6. The molecule has 3 rings (SSSR count). The minimum atomic E-state index is -3.51. The lowest BCUT2D eigenvalue weighted by molar-refractivity contribution is 0.0609. The standard InChI is InChI=1S/C19H25N3O4S/c1-15-5-6-17(14-16(15)2)27(24,25)20-7-8-21-9-11-22(12-10-21)19(23)18-4-3-13-26-18/h3-6,13-14,20H,7-12H2,1-2H3. The number of carbonyl (C=O) groups is 1. The fourth-order valence-corrected chi connectivity index (χ4v) is 4.14. The number of hydrogen-bond donors (Lipinski definition) is 1. The second-order valence-electron chi connectivity index (χ2n) is 6.75. The van der Waals surface area contributed by atoms with E-state index in [1.54, 1.807) is 29.2 Å². The van der Waals surface area contributed by atoms with Crippen molar-refractivity contribution >= 4 is 15.9 Å². The SMILES string of the molecule is Cc1ccc(S(=O)(=O)NCCN2CCN(C(=O)c3ccco3)CC2)cc1C. The third-order valence-electron chi connectivity index (χ3n) is 4.90. The largest absolute Gasteiger partial charge is 0.459 e. The topological polar surface area (TPSA) is 82.9 Å². The normalized spacial score (nSPS) is 15.9. The van der Waals surface area contributed by atoms with Gasteiger partial charge in [-0.1, -0.05) is 6.07 Å². The first-order chi connectivity index (χ1) is 12.9. The number of rotatable bonds is 6. The molecule has 8 heteroatoms. The number of hydrogen-bond acceptors (Lipinski definition) is 5. The van der Waals surface area contributed by atoms with E-state index in [9.17, 15) is 13.2 Å². The lowest BCUT2D eigenvalue weighted by atomic mass is 10.1. The van der Waals surface area contributed by atoms with Crippen molar-refractivity contribution in [1.29, 1.82) is 0 Å². The molecule has 2 aromatic rings. The van der Waals surface area contributed by atoms with Crippen LogP contribution in [0.4, 0.5) is 0 Å². The van der Waals surface area contributed by atoms with Crippen molar-refractivity contribution in [3.8, 4) is 0 Å². The molecule has 0 bridgehead atoms.